The fourth-order valence-corrected chi connectivity index (χ4v) is 2.34. The Hall–Kier alpha value is -2.44. The molecule has 0 bridgehead atoms. The van der Waals surface area contributed by atoms with Crippen molar-refractivity contribution in [2.24, 2.45) is 0 Å². The first-order valence-corrected chi connectivity index (χ1v) is 6.47. The number of likely N-dealkylation sites (tertiary alicyclic amines) is 1. The van der Waals surface area contributed by atoms with Crippen molar-refractivity contribution in [2.45, 2.75) is 19.4 Å². The van der Waals surface area contributed by atoms with E-state index in [1.165, 1.54) is 9.08 Å². The van der Waals surface area contributed by atoms with Crippen LogP contribution in [0.15, 0.2) is 29.5 Å². The Bertz CT molecular complexity index is 721. The van der Waals surface area contributed by atoms with Gasteiger partial charge in [-0.2, -0.15) is 5.10 Å². The molecule has 0 aromatic carbocycles. The monoisotopic (exact) mass is 274 g/mol. The standard InChI is InChI=1S/C13H14N4O3/c18-10-2-5-15(6-3-10)12(19)9-16-7-8-17-11(13(16)20)1-4-14-17/h1,4,7-8H,2-3,5-6,9H2. The van der Waals surface area contributed by atoms with Gasteiger partial charge >= 0.3 is 0 Å². The lowest BCUT2D eigenvalue weighted by Gasteiger charge is -2.26. The number of Topliss-reactive ketones (excluding diaryl/α,β-unsaturated/α-hetero) is 1. The molecule has 104 valence electrons. The van der Waals surface area contributed by atoms with E-state index in [0.717, 1.165) is 0 Å². The van der Waals surface area contributed by atoms with Gasteiger partial charge in [0.2, 0.25) is 5.91 Å². The number of amides is 1. The van der Waals surface area contributed by atoms with Crippen molar-refractivity contribution in [3.05, 3.63) is 35.0 Å². The Morgan fingerprint density at radius 1 is 1.20 bits per heavy atom. The molecule has 7 nitrogen and oxygen atoms in total. The zero-order valence-electron chi connectivity index (χ0n) is 10.9. The number of rotatable bonds is 2. The lowest BCUT2D eigenvalue weighted by atomic mass is 10.1. The molecule has 1 aliphatic heterocycles. The first-order chi connectivity index (χ1) is 9.65. The summed E-state index contributed by atoms with van der Waals surface area (Å²) in [5, 5.41) is 3.97. The Balaban J connectivity index is 1.79. The number of piperidine rings is 1. The van der Waals surface area contributed by atoms with Gasteiger partial charge in [-0.15, -0.1) is 0 Å². The number of aromatic nitrogens is 3. The third-order valence-corrected chi connectivity index (χ3v) is 3.52. The van der Waals surface area contributed by atoms with E-state index >= 15 is 0 Å². The van der Waals surface area contributed by atoms with Crippen molar-refractivity contribution in [3.63, 3.8) is 0 Å². The molecule has 0 spiro atoms. The summed E-state index contributed by atoms with van der Waals surface area (Å²) in [4.78, 5) is 37.1. The van der Waals surface area contributed by atoms with Crippen LogP contribution in [0.4, 0.5) is 0 Å². The summed E-state index contributed by atoms with van der Waals surface area (Å²) in [5.41, 5.74) is 0.195. The van der Waals surface area contributed by atoms with Crippen molar-refractivity contribution in [2.75, 3.05) is 13.1 Å². The van der Waals surface area contributed by atoms with Crippen LogP contribution < -0.4 is 5.56 Å². The minimum absolute atomic E-state index is 0.00525. The molecule has 0 aliphatic carbocycles. The molecule has 7 heteroatoms. The molecule has 1 saturated heterocycles. The van der Waals surface area contributed by atoms with Crippen LogP contribution in [0.3, 0.4) is 0 Å². The van der Waals surface area contributed by atoms with E-state index in [9.17, 15) is 14.4 Å². The summed E-state index contributed by atoms with van der Waals surface area (Å²) in [7, 11) is 0. The van der Waals surface area contributed by atoms with E-state index in [-0.39, 0.29) is 23.8 Å². The maximum Gasteiger partial charge on any atom is 0.277 e. The second kappa shape index (κ2) is 4.92. The molecule has 1 fully saturated rings. The molecule has 0 atom stereocenters. The van der Waals surface area contributed by atoms with Gasteiger partial charge < -0.3 is 9.47 Å². The van der Waals surface area contributed by atoms with Crippen molar-refractivity contribution >= 4 is 17.2 Å². The third-order valence-electron chi connectivity index (χ3n) is 3.52. The SMILES string of the molecule is O=C1CCN(C(=O)Cn2ccn3nccc3c2=O)CC1. The second-order valence-electron chi connectivity index (χ2n) is 4.81. The molecule has 0 unspecified atom stereocenters. The molecule has 0 saturated carbocycles. The maximum atomic E-state index is 12.1. The van der Waals surface area contributed by atoms with Gasteiger partial charge in [-0.3, -0.25) is 14.4 Å². The fourth-order valence-electron chi connectivity index (χ4n) is 2.34. The molecule has 0 N–H and O–H groups in total. The van der Waals surface area contributed by atoms with E-state index in [0.29, 0.717) is 31.4 Å². The van der Waals surface area contributed by atoms with Gasteiger partial charge in [-0.25, -0.2) is 4.52 Å². The van der Waals surface area contributed by atoms with Crippen molar-refractivity contribution in [3.8, 4) is 0 Å². The Morgan fingerprint density at radius 2 is 1.95 bits per heavy atom. The van der Waals surface area contributed by atoms with E-state index in [2.05, 4.69) is 5.10 Å². The summed E-state index contributed by atoms with van der Waals surface area (Å²) in [6, 6.07) is 1.61. The van der Waals surface area contributed by atoms with Gasteiger partial charge in [0.1, 0.15) is 17.8 Å². The first kappa shape index (κ1) is 12.6. The minimum atomic E-state index is -0.244. The first-order valence-electron chi connectivity index (χ1n) is 6.47. The van der Waals surface area contributed by atoms with Gasteiger partial charge in [0.05, 0.1) is 6.20 Å². The molecule has 1 amide bonds. The largest absolute Gasteiger partial charge is 0.340 e. The zero-order chi connectivity index (χ0) is 14.1. The van der Waals surface area contributed by atoms with Crippen LogP contribution in [0.1, 0.15) is 12.8 Å². The predicted octanol–water partition coefficient (Wildman–Crippen LogP) is -0.313. The molecule has 20 heavy (non-hydrogen) atoms. The quantitative estimate of drug-likeness (QED) is 0.752. The maximum absolute atomic E-state index is 12.1. The number of nitrogens with zero attached hydrogens (tertiary/aromatic N) is 4. The van der Waals surface area contributed by atoms with Crippen LogP contribution in [0, 0.1) is 0 Å². The average Bonchev–Trinajstić information content (AvgIpc) is 2.92. The van der Waals surface area contributed by atoms with Gasteiger partial charge in [0.25, 0.3) is 5.56 Å². The van der Waals surface area contributed by atoms with E-state index in [1.54, 1.807) is 29.6 Å². The average molecular weight is 274 g/mol. The number of carbonyl (C=O) groups is 2. The summed E-state index contributed by atoms with van der Waals surface area (Å²) in [6.45, 7) is 0.886. The molecule has 3 heterocycles. The lowest BCUT2D eigenvalue weighted by Crippen LogP contribution is -2.41. The zero-order valence-corrected chi connectivity index (χ0v) is 10.9. The van der Waals surface area contributed by atoms with Crippen LogP contribution in [-0.4, -0.2) is 43.9 Å². The van der Waals surface area contributed by atoms with Crippen LogP contribution in [-0.2, 0) is 16.1 Å². The van der Waals surface area contributed by atoms with Crippen LogP contribution in [0.2, 0.25) is 0 Å². The van der Waals surface area contributed by atoms with Crippen molar-refractivity contribution < 1.29 is 9.59 Å². The molecule has 2 aromatic heterocycles. The van der Waals surface area contributed by atoms with Gasteiger partial charge in [0.15, 0.2) is 0 Å². The highest BCUT2D eigenvalue weighted by Crippen LogP contribution is 2.06. The summed E-state index contributed by atoms with van der Waals surface area (Å²) in [6.07, 6.45) is 5.54. The Labute approximate surface area is 114 Å². The minimum Gasteiger partial charge on any atom is -0.340 e. The summed E-state index contributed by atoms with van der Waals surface area (Å²) in [5.74, 6) is 0.0513. The van der Waals surface area contributed by atoms with Crippen LogP contribution in [0.25, 0.3) is 5.52 Å². The smallest absolute Gasteiger partial charge is 0.277 e. The predicted molar refractivity (Wildman–Crippen MR) is 70.3 cm³/mol. The summed E-state index contributed by atoms with van der Waals surface area (Å²) < 4.78 is 2.85. The number of hydrogen-bond acceptors (Lipinski definition) is 4. The number of carbonyl (C=O) groups excluding carboxylic acids is 2. The molecule has 3 rings (SSSR count). The van der Waals surface area contributed by atoms with Crippen LogP contribution in [0.5, 0.6) is 0 Å². The number of hydrogen-bond donors (Lipinski definition) is 0. The highest BCUT2D eigenvalue weighted by Gasteiger charge is 2.21. The third kappa shape index (κ3) is 2.22. The topological polar surface area (TPSA) is 76.7 Å². The molecule has 2 aromatic rings. The van der Waals surface area contributed by atoms with E-state index in [1.807, 2.05) is 0 Å². The highest BCUT2D eigenvalue weighted by atomic mass is 16.2. The Kier molecular flexibility index (Phi) is 3.09. The Morgan fingerprint density at radius 3 is 2.70 bits per heavy atom. The fraction of sp³-hybridized carbons (Fsp3) is 0.385. The molecule has 1 aliphatic rings. The van der Waals surface area contributed by atoms with Gasteiger partial charge in [0, 0.05) is 38.3 Å². The normalized spacial score (nSPS) is 15.8. The van der Waals surface area contributed by atoms with E-state index in [4.69, 9.17) is 0 Å². The van der Waals surface area contributed by atoms with Gasteiger partial charge in [-0.1, -0.05) is 0 Å². The van der Waals surface area contributed by atoms with Crippen LogP contribution >= 0.6 is 0 Å². The van der Waals surface area contributed by atoms with Crippen molar-refractivity contribution in [1.82, 2.24) is 19.1 Å². The molecular weight excluding hydrogens is 260 g/mol. The lowest BCUT2D eigenvalue weighted by molar-refractivity contribution is -0.135. The van der Waals surface area contributed by atoms with E-state index < -0.39 is 0 Å². The molecule has 0 radical (unpaired) electrons. The number of fused-ring (bicyclic) bond motifs is 1. The van der Waals surface area contributed by atoms with Crippen molar-refractivity contribution in [1.29, 1.82) is 0 Å². The summed E-state index contributed by atoms with van der Waals surface area (Å²) >= 11 is 0. The second-order valence-corrected chi connectivity index (χ2v) is 4.81. The van der Waals surface area contributed by atoms with Gasteiger partial charge in [-0.05, 0) is 6.07 Å². The molecular formula is C13H14N4O3. The highest BCUT2D eigenvalue weighted by molar-refractivity contribution is 5.83. The number of ketones is 1.